The molecule has 0 radical (unpaired) electrons. The van der Waals surface area contributed by atoms with Gasteiger partial charge in [0.15, 0.2) is 0 Å². The normalized spacial score (nSPS) is 10.3. The molecule has 0 bridgehead atoms. The van der Waals surface area contributed by atoms with E-state index in [2.05, 4.69) is 10.3 Å². The van der Waals surface area contributed by atoms with Gasteiger partial charge in [-0.25, -0.2) is 4.79 Å². The smallest absolute Gasteiger partial charge is 0.320 e. The van der Waals surface area contributed by atoms with Crippen LogP contribution in [0.1, 0.15) is 21.5 Å². The summed E-state index contributed by atoms with van der Waals surface area (Å²) in [5, 5.41) is 2.96. The number of hydrogen-bond donors (Lipinski definition) is 3. The fraction of sp³-hybridized carbons (Fsp3) is 0.154. The SMILES string of the molecule is Cc1cc(C)c(NC(=O)c2c[nH]c(=O)[nH]c2=O)c(Cl)c1. The monoisotopic (exact) mass is 293 g/mol. The molecule has 3 N–H and O–H groups in total. The van der Waals surface area contributed by atoms with E-state index in [9.17, 15) is 14.4 Å². The topological polar surface area (TPSA) is 94.8 Å². The zero-order chi connectivity index (χ0) is 14.9. The highest BCUT2D eigenvalue weighted by atomic mass is 35.5. The van der Waals surface area contributed by atoms with Crippen LogP contribution in [0.25, 0.3) is 0 Å². The highest BCUT2D eigenvalue weighted by Crippen LogP contribution is 2.27. The average Bonchev–Trinajstić information content (AvgIpc) is 2.33. The zero-order valence-corrected chi connectivity index (χ0v) is 11.6. The first-order valence-electron chi connectivity index (χ1n) is 5.78. The highest BCUT2D eigenvalue weighted by molar-refractivity contribution is 6.34. The van der Waals surface area contributed by atoms with Crippen LogP contribution in [0.5, 0.6) is 0 Å². The van der Waals surface area contributed by atoms with Gasteiger partial charge in [0.2, 0.25) is 0 Å². The Morgan fingerprint density at radius 1 is 1.25 bits per heavy atom. The largest absolute Gasteiger partial charge is 0.325 e. The van der Waals surface area contributed by atoms with Gasteiger partial charge in [-0.3, -0.25) is 14.6 Å². The van der Waals surface area contributed by atoms with Crippen molar-refractivity contribution in [3.8, 4) is 0 Å². The Bertz CT molecular complexity index is 769. The maximum absolute atomic E-state index is 12.0. The first kappa shape index (κ1) is 14.1. The molecule has 2 aromatic rings. The van der Waals surface area contributed by atoms with Crippen LogP contribution < -0.4 is 16.6 Å². The zero-order valence-electron chi connectivity index (χ0n) is 10.8. The summed E-state index contributed by atoms with van der Waals surface area (Å²) in [4.78, 5) is 38.7. The summed E-state index contributed by atoms with van der Waals surface area (Å²) in [5.74, 6) is -0.642. The molecule has 1 aromatic heterocycles. The Labute approximate surface area is 118 Å². The quantitative estimate of drug-likeness (QED) is 0.784. The van der Waals surface area contributed by atoms with Gasteiger partial charge < -0.3 is 10.3 Å². The van der Waals surface area contributed by atoms with Crippen molar-refractivity contribution in [1.82, 2.24) is 9.97 Å². The number of aromatic nitrogens is 2. The molecule has 7 heteroatoms. The Morgan fingerprint density at radius 3 is 2.55 bits per heavy atom. The third kappa shape index (κ3) is 2.80. The number of halogens is 1. The number of amides is 1. The first-order chi connectivity index (χ1) is 9.38. The molecule has 1 heterocycles. The molecule has 0 spiro atoms. The third-order valence-electron chi connectivity index (χ3n) is 2.73. The van der Waals surface area contributed by atoms with E-state index in [1.54, 1.807) is 13.0 Å². The lowest BCUT2D eigenvalue weighted by molar-refractivity contribution is 0.102. The fourth-order valence-corrected chi connectivity index (χ4v) is 2.20. The summed E-state index contributed by atoms with van der Waals surface area (Å²) in [6.45, 7) is 3.68. The van der Waals surface area contributed by atoms with E-state index in [4.69, 9.17) is 11.6 Å². The second-order valence-corrected chi connectivity index (χ2v) is 4.79. The molecule has 0 fully saturated rings. The van der Waals surface area contributed by atoms with E-state index in [1.165, 1.54) is 0 Å². The molecule has 0 atom stereocenters. The molecular weight excluding hydrogens is 282 g/mol. The maximum atomic E-state index is 12.0. The summed E-state index contributed by atoms with van der Waals surface area (Å²) >= 11 is 6.07. The number of carbonyl (C=O) groups excluding carboxylic acids is 1. The number of hydrogen-bond acceptors (Lipinski definition) is 3. The lowest BCUT2D eigenvalue weighted by atomic mass is 10.1. The third-order valence-corrected chi connectivity index (χ3v) is 3.03. The minimum absolute atomic E-state index is 0.194. The minimum Gasteiger partial charge on any atom is -0.320 e. The molecule has 0 aliphatic heterocycles. The Hall–Kier alpha value is -2.34. The van der Waals surface area contributed by atoms with Crippen molar-refractivity contribution in [3.05, 3.63) is 60.9 Å². The van der Waals surface area contributed by atoms with Gasteiger partial charge in [0.05, 0.1) is 10.7 Å². The number of aryl methyl sites for hydroxylation is 2. The molecule has 20 heavy (non-hydrogen) atoms. The lowest BCUT2D eigenvalue weighted by Crippen LogP contribution is -2.29. The minimum atomic E-state index is -0.757. The van der Waals surface area contributed by atoms with Gasteiger partial charge in [-0.05, 0) is 31.0 Å². The second-order valence-electron chi connectivity index (χ2n) is 4.38. The van der Waals surface area contributed by atoms with Crippen molar-refractivity contribution in [1.29, 1.82) is 0 Å². The number of nitrogens with one attached hydrogen (secondary N) is 3. The molecule has 0 saturated heterocycles. The number of H-pyrrole nitrogens is 2. The summed E-state index contributed by atoms with van der Waals surface area (Å²) in [5.41, 5.74) is 0.563. The van der Waals surface area contributed by atoms with Gasteiger partial charge in [-0.1, -0.05) is 17.7 Å². The van der Waals surface area contributed by atoms with Gasteiger partial charge in [-0.15, -0.1) is 0 Å². The van der Waals surface area contributed by atoms with Gasteiger partial charge >= 0.3 is 5.69 Å². The number of benzene rings is 1. The molecule has 104 valence electrons. The standard InChI is InChI=1S/C13H12ClN3O3/c1-6-3-7(2)10(9(14)4-6)16-11(18)8-5-15-13(20)17-12(8)19/h3-5H,1-2H3,(H,16,18)(H2,15,17,19,20). The van der Waals surface area contributed by atoms with Crippen LogP contribution in [0.2, 0.25) is 5.02 Å². The molecule has 0 unspecified atom stereocenters. The van der Waals surface area contributed by atoms with Crippen LogP contribution in [0.3, 0.4) is 0 Å². The molecule has 1 aromatic carbocycles. The molecule has 1 amide bonds. The highest BCUT2D eigenvalue weighted by Gasteiger charge is 2.14. The lowest BCUT2D eigenvalue weighted by Gasteiger charge is -2.11. The van der Waals surface area contributed by atoms with Gasteiger partial charge in [-0.2, -0.15) is 0 Å². The van der Waals surface area contributed by atoms with E-state index in [0.29, 0.717) is 10.7 Å². The fourth-order valence-electron chi connectivity index (χ4n) is 1.83. The van der Waals surface area contributed by atoms with Gasteiger partial charge in [0.25, 0.3) is 11.5 Å². The molecule has 0 saturated carbocycles. The average molecular weight is 294 g/mol. The molecule has 6 nitrogen and oxygen atoms in total. The van der Waals surface area contributed by atoms with Crippen molar-refractivity contribution < 1.29 is 4.79 Å². The van der Waals surface area contributed by atoms with E-state index >= 15 is 0 Å². The van der Waals surface area contributed by atoms with Crippen molar-refractivity contribution in [2.75, 3.05) is 5.32 Å². The van der Waals surface area contributed by atoms with Gasteiger partial charge in [0.1, 0.15) is 5.56 Å². The van der Waals surface area contributed by atoms with Crippen LogP contribution in [0.15, 0.2) is 27.9 Å². The van der Waals surface area contributed by atoms with Crippen LogP contribution >= 0.6 is 11.6 Å². The number of carbonyl (C=O) groups is 1. The summed E-state index contributed by atoms with van der Waals surface area (Å²) < 4.78 is 0. The van der Waals surface area contributed by atoms with Crippen LogP contribution in [0, 0.1) is 13.8 Å². The van der Waals surface area contributed by atoms with Gasteiger partial charge in [0, 0.05) is 6.20 Å². The number of aromatic amines is 2. The second kappa shape index (κ2) is 5.34. The summed E-state index contributed by atoms with van der Waals surface area (Å²) in [6.07, 6.45) is 1.06. The predicted octanol–water partition coefficient (Wildman–Crippen LogP) is 1.59. The summed E-state index contributed by atoms with van der Waals surface area (Å²) in [6, 6.07) is 3.57. The van der Waals surface area contributed by atoms with Crippen molar-refractivity contribution in [2.24, 2.45) is 0 Å². The Balaban J connectivity index is 2.38. The Morgan fingerprint density at radius 2 is 1.95 bits per heavy atom. The van der Waals surface area contributed by atoms with Crippen molar-refractivity contribution in [3.63, 3.8) is 0 Å². The maximum Gasteiger partial charge on any atom is 0.325 e. The van der Waals surface area contributed by atoms with Crippen molar-refractivity contribution >= 4 is 23.2 Å². The van der Waals surface area contributed by atoms with E-state index < -0.39 is 17.2 Å². The van der Waals surface area contributed by atoms with Crippen LogP contribution in [-0.4, -0.2) is 15.9 Å². The molecule has 0 aliphatic carbocycles. The first-order valence-corrected chi connectivity index (χ1v) is 6.16. The summed E-state index contributed by atoms with van der Waals surface area (Å²) in [7, 11) is 0. The molecular formula is C13H12ClN3O3. The number of rotatable bonds is 2. The molecule has 2 rings (SSSR count). The number of anilines is 1. The van der Waals surface area contributed by atoms with Crippen LogP contribution in [-0.2, 0) is 0 Å². The van der Waals surface area contributed by atoms with E-state index in [-0.39, 0.29) is 5.56 Å². The van der Waals surface area contributed by atoms with Crippen molar-refractivity contribution in [2.45, 2.75) is 13.8 Å². The predicted molar refractivity (Wildman–Crippen MR) is 76.6 cm³/mol. The van der Waals surface area contributed by atoms with E-state index in [1.807, 2.05) is 18.0 Å². The molecule has 0 aliphatic rings. The van der Waals surface area contributed by atoms with Crippen LogP contribution in [0.4, 0.5) is 5.69 Å². The Kier molecular flexibility index (Phi) is 3.76. The van der Waals surface area contributed by atoms with E-state index in [0.717, 1.165) is 17.3 Å².